The van der Waals surface area contributed by atoms with Gasteiger partial charge >= 0.3 is 0 Å². The molecule has 1 aliphatic rings. The van der Waals surface area contributed by atoms with E-state index in [1.165, 1.54) is 0 Å². The Morgan fingerprint density at radius 3 is 2.65 bits per heavy atom. The summed E-state index contributed by atoms with van der Waals surface area (Å²) in [7, 11) is 0. The van der Waals surface area contributed by atoms with Crippen LogP contribution in [0.25, 0.3) is 0 Å². The summed E-state index contributed by atoms with van der Waals surface area (Å²) in [5, 5.41) is 13.0. The van der Waals surface area contributed by atoms with Crippen molar-refractivity contribution in [2.24, 2.45) is 5.92 Å². The molecule has 0 saturated heterocycles. The number of nitrogens with one attached hydrogen (secondary N) is 1. The highest BCUT2D eigenvalue weighted by Gasteiger charge is 2.20. The van der Waals surface area contributed by atoms with E-state index < -0.39 is 0 Å². The van der Waals surface area contributed by atoms with Crippen molar-refractivity contribution in [1.82, 2.24) is 5.32 Å². The number of rotatable bonds is 4. The summed E-state index contributed by atoms with van der Waals surface area (Å²) in [5.41, 5.74) is 0. The molecule has 1 heterocycles. The fourth-order valence-corrected chi connectivity index (χ4v) is 2.48. The van der Waals surface area contributed by atoms with Crippen LogP contribution in [0.15, 0.2) is 16.5 Å². The highest BCUT2D eigenvalue weighted by Crippen LogP contribution is 2.24. The van der Waals surface area contributed by atoms with Crippen LogP contribution in [0.5, 0.6) is 0 Å². The molecule has 1 aromatic rings. The molecule has 0 aliphatic heterocycles. The van der Waals surface area contributed by atoms with Crippen molar-refractivity contribution < 1.29 is 9.52 Å². The molecule has 2 rings (SSSR count). The zero-order valence-corrected chi connectivity index (χ0v) is 10.8. The monoisotopic (exact) mass is 237 g/mol. The maximum atomic E-state index is 9.45. The first-order valence-corrected chi connectivity index (χ1v) is 6.63. The molecule has 0 aromatic carbocycles. The molecule has 1 atom stereocenters. The maximum absolute atomic E-state index is 9.45. The maximum Gasteiger partial charge on any atom is 0.120 e. The molecule has 17 heavy (non-hydrogen) atoms. The van der Waals surface area contributed by atoms with Crippen LogP contribution in [0.2, 0.25) is 0 Å². The molecule has 3 heteroatoms. The van der Waals surface area contributed by atoms with E-state index in [1.54, 1.807) is 0 Å². The summed E-state index contributed by atoms with van der Waals surface area (Å²) in [4.78, 5) is 0. The second kappa shape index (κ2) is 5.69. The largest absolute Gasteiger partial charge is 0.465 e. The van der Waals surface area contributed by atoms with E-state index in [2.05, 4.69) is 12.2 Å². The molecule has 1 fully saturated rings. The lowest BCUT2D eigenvalue weighted by molar-refractivity contribution is 0.107. The normalized spacial score (nSPS) is 27.0. The Bertz CT molecular complexity index is 340. The Kier molecular flexibility index (Phi) is 4.24. The fraction of sp³-hybridized carbons (Fsp3) is 0.714. The van der Waals surface area contributed by atoms with Crippen LogP contribution in [0.4, 0.5) is 0 Å². The quantitative estimate of drug-likeness (QED) is 0.846. The van der Waals surface area contributed by atoms with Gasteiger partial charge < -0.3 is 14.8 Å². The van der Waals surface area contributed by atoms with Gasteiger partial charge in [0, 0.05) is 0 Å². The Morgan fingerprint density at radius 2 is 2.06 bits per heavy atom. The van der Waals surface area contributed by atoms with Gasteiger partial charge in [0.05, 0.1) is 12.1 Å². The van der Waals surface area contributed by atoms with Gasteiger partial charge in [0.15, 0.2) is 0 Å². The minimum atomic E-state index is -0.0589. The smallest absolute Gasteiger partial charge is 0.120 e. The summed E-state index contributed by atoms with van der Waals surface area (Å²) in [6.45, 7) is 5.13. The Morgan fingerprint density at radius 1 is 1.35 bits per heavy atom. The fourth-order valence-electron chi connectivity index (χ4n) is 2.48. The first-order valence-electron chi connectivity index (χ1n) is 6.63. The van der Waals surface area contributed by atoms with Crippen molar-refractivity contribution in [2.45, 2.75) is 51.7 Å². The molecule has 0 bridgehead atoms. The van der Waals surface area contributed by atoms with Gasteiger partial charge in [-0.2, -0.15) is 0 Å². The van der Waals surface area contributed by atoms with Gasteiger partial charge in [0.2, 0.25) is 0 Å². The number of aliphatic hydroxyl groups excluding tert-OH is 1. The van der Waals surface area contributed by atoms with Gasteiger partial charge in [0.25, 0.3) is 0 Å². The van der Waals surface area contributed by atoms with Crippen molar-refractivity contribution in [3.63, 3.8) is 0 Å². The SMILES string of the molecule is Cc1ccc(C(C)NCC2CCC(O)CC2)o1. The van der Waals surface area contributed by atoms with Crippen LogP contribution in [0.1, 0.15) is 50.2 Å². The molecular weight excluding hydrogens is 214 g/mol. The third-order valence-electron chi connectivity index (χ3n) is 3.72. The predicted octanol–water partition coefficient (Wildman–Crippen LogP) is 2.79. The zero-order valence-electron chi connectivity index (χ0n) is 10.8. The van der Waals surface area contributed by atoms with E-state index in [1.807, 2.05) is 19.1 Å². The number of furan rings is 1. The summed E-state index contributed by atoms with van der Waals surface area (Å²) in [5.74, 6) is 2.68. The van der Waals surface area contributed by atoms with E-state index in [-0.39, 0.29) is 12.1 Å². The topological polar surface area (TPSA) is 45.4 Å². The Labute approximate surface area is 103 Å². The van der Waals surface area contributed by atoms with Gasteiger partial charge in [-0.3, -0.25) is 0 Å². The minimum Gasteiger partial charge on any atom is -0.465 e. The molecule has 1 saturated carbocycles. The predicted molar refractivity (Wildman–Crippen MR) is 67.8 cm³/mol. The molecule has 96 valence electrons. The second-order valence-corrected chi connectivity index (χ2v) is 5.25. The summed E-state index contributed by atoms with van der Waals surface area (Å²) in [6, 6.07) is 4.32. The summed E-state index contributed by atoms with van der Waals surface area (Å²) < 4.78 is 5.60. The molecule has 1 unspecified atom stereocenters. The van der Waals surface area contributed by atoms with Gasteiger partial charge in [0.1, 0.15) is 11.5 Å². The van der Waals surface area contributed by atoms with Crippen molar-refractivity contribution in [3.8, 4) is 0 Å². The average Bonchev–Trinajstić information content (AvgIpc) is 2.75. The average molecular weight is 237 g/mol. The molecule has 0 radical (unpaired) electrons. The van der Waals surface area contributed by atoms with Crippen LogP contribution in [-0.2, 0) is 0 Å². The molecular formula is C14H23NO2. The van der Waals surface area contributed by atoms with E-state index in [9.17, 15) is 5.11 Å². The Hall–Kier alpha value is -0.800. The van der Waals surface area contributed by atoms with Crippen LogP contribution < -0.4 is 5.32 Å². The highest BCUT2D eigenvalue weighted by atomic mass is 16.3. The van der Waals surface area contributed by atoms with E-state index >= 15 is 0 Å². The molecule has 0 amide bonds. The van der Waals surface area contributed by atoms with Gasteiger partial charge in [-0.25, -0.2) is 0 Å². The van der Waals surface area contributed by atoms with Crippen LogP contribution in [0.3, 0.4) is 0 Å². The summed E-state index contributed by atoms with van der Waals surface area (Å²) >= 11 is 0. The summed E-state index contributed by atoms with van der Waals surface area (Å²) in [6.07, 6.45) is 4.13. The molecule has 1 aliphatic carbocycles. The third kappa shape index (κ3) is 3.58. The van der Waals surface area contributed by atoms with Crippen molar-refractivity contribution in [1.29, 1.82) is 0 Å². The first-order chi connectivity index (χ1) is 8.15. The van der Waals surface area contributed by atoms with Crippen molar-refractivity contribution in [3.05, 3.63) is 23.7 Å². The van der Waals surface area contributed by atoms with Crippen LogP contribution >= 0.6 is 0 Å². The minimum absolute atomic E-state index is 0.0589. The highest BCUT2D eigenvalue weighted by molar-refractivity contribution is 5.08. The van der Waals surface area contributed by atoms with Crippen molar-refractivity contribution in [2.75, 3.05) is 6.54 Å². The first kappa shape index (κ1) is 12.7. The third-order valence-corrected chi connectivity index (χ3v) is 3.72. The Balaban J connectivity index is 1.74. The van der Waals surface area contributed by atoms with E-state index in [4.69, 9.17) is 4.42 Å². The van der Waals surface area contributed by atoms with E-state index in [0.29, 0.717) is 5.92 Å². The molecule has 0 spiro atoms. The van der Waals surface area contributed by atoms with E-state index in [0.717, 1.165) is 43.7 Å². The lowest BCUT2D eigenvalue weighted by Crippen LogP contribution is -2.29. The standard InChI is InChI=1S/C14H23NO2/c1-10-3-8-14(17-10)11(2)15-9-12-4-6-13(16)7-5-12/h3,8,11-13,15-16H,4-7,9H2,1-2H3. The molecule has 2 N–H and O–H groups in total. The number of aryl methyl sites for hydroxylation is 1. The molecule has 1 aromatic heterocycles. The van der Waals surface area contributed by atoms with Crippen molar-refractivity contribution >= 4 is 0 Å². The lowest BCUT2D eigenvalue weighted by Gasteiger charge is -2.26. The van der Waals surface area contributed by atoms with Gasteiger partial charge in [-0.05, 0) is 64.1 Å². The van der Waals surface area contributed by atoms with Crippen LogP contribution in [-0.4, -0.2) is 17.8 Å². The zero-order chi connectivity index (χ0) is 12.3. The number of hydrogen-bond acceptors (Lipinski definition) is 3. The van der Waals surface area contributed by atoms with Gasteiger partial charge in [-0.1, -0.05) is 0 Å². The lowest BCUT2D eigenvalue weighted by atomic mass is 9.87. The van der Waals surface area contributed by atoms with Gasteiger partial charge in [-0.15, -0.1) is 0 Å². The molecule has 3 nitrogen and oxygen atoms in total. The number of aliphatic hydroxyl groups is 1. The van der Waals surface area contributed by atoms with Crippen LogP contribution in [0, 0.1) is 12.8 Å². The second-order valence-electron chi connectivity index (χ2n) is 5.25. The number of hydrogen-bond donors (Lipinski definition) is 2.